The van der Waals surface area contributed by atoms with Gasteiger partial charge in [0.1, 0.15) is 12.4 Å². The van der Waals surface area contributed by atoms with E-state index in [4.69, 9.17) is 4.74 Å². The van der Waals surface area contributed by atoms with E-state index >= 15 is 0 Å². The normalized spacial score (nSPS) is 23.9. The Balaban J connectivity index is 2.67. The van der Waals surface area contributed by atoms with Crippen molar-refractivity contribution >= 4 is 6.21 Å². The highest BCUT2D eigenvalue weighted by atomic mass is 16.5. The quantitative estimate of drug-likeness (QED) is 0.581. The lowest BCUT2D eigenvalue weighted by atomic mass is 10.2. The Labute approximate surface area is 73.0 Å². The number of aliphatic imine (C=N–C) groups is 1. The molecule has 0 aromatic carbocycles. The van der Waals surface area contributed by atoms with Crippen molar-refractivity contribution < 1.29 is 4.74 Å². The third kappa shape index (κ3) is 2.74. The molecule has 1 aliphatic rings. The highest BCUT2D eigenvalue weighted by Crippen LogP contribution is 2.10. The summed E-state index contributed by atoms with van der Waals surface area (Å²) >= 11 is 0. The third-order valence-electron chi connectivity index (χ3n) is 1.47. The summed E-state index contributed by atoms with van der Waals surface area (Å²) in [7, 11) is 0. The van der Waals surface area contributed by atoms with Gasteiger partial charge in [-0.1, -0.05) is 12.7 Å². The van der Waals surface area contributed by atoms with Gasteiger partial charge in [-0.25, -0.2) is 0 Å². The molecular formula is C10H13NO. The van der Waals surface area contributed by atoms with E-state index in [1.54, 1.807) is 12.4 Å². The first-order valence-electron chi connectivity index (χ1n) is 3.96. The van der Waals surface area contributed by atoms with E-state index in [1.165, 1.54) is 0 Å². The van der Waals surface area contributed by atoms with Crippen molar-refractivity contribution in [3.05, 3.63) is 36.3 Å². The minimum absolute atomic E-state index is 0.517. The molecular weight excluding hydrogens is 150 g/mol. The largest absolute Gasteiger partial charge is 0.488 e. The third-order valence-corrected chi connectivity index (χ3v) is 1.47. The fourth-order valence-corrected chi connectivity index (χ4v) is 0.884. The average Bonchev–Trinajstić information content (AvgIpc) is 2.15. The van der Waals surface area contributed by atoms with Gasteiger partial charge < -0.3 is 4.74 Å². The molecule has 0 bridgehead atoms. The summed E-state index contributed by atoms with van der Waals surface area (Å²) in [5, 5.41) is 0. The van der Waals surface area contributed by atoms with Crippen LogP contribution < -0.4 is 0 Å². The predicted octanol–water partition coefficient (Wildman–Crippen LogP) is 2.45. The van der Waals surface area contributed by atoms with Gasteiger partial charge in [0.2, 0.25) is 0 Å². The van der Waals surface area contributed by atoms with E-state index in [-0.39, 0.29) is 0 Å². The van der Waals surface area contributed by atoms with Crippen LogP contribution >= 0.6 is 0 Å². The van der Waals surface area contributed by atoms with Gasteiger partial charge in [-0.3, -0.25) is 4.99 Å². The van der Waals surface area contributed by atoms with Gasteiger partial charge >= 0.3 is 0 Å². The van der Waals surface area contributed by atoms with E-state index in [2.05, 4.69) is 11.6 Å². The Hall–Kier alpha value is -1.31. The summed E-state index contributed by atoms with van der Waals surface area (Å²) in [5.41, 5.74) is 0.957. The molecule has 0 aliphatic carbocycles. The van der Waals surface area contributed by atoms with Crippen LogP contribution in [-0.4, -0.2) is 12.8 Å². The van der Waals surface area contributed by atoms with E-state index in [1.807, 2.05) is 19.1 Å². The number of hydrogen-bond acceptors (Lipinski definition) is 2. The maximum absolute atomic E-state index is 5.40. The fourth-order valence-electron chi connectivity index (χ4n) is 0.884. The molecule has 1 aliphatic heterocycles. The Morgan fingerprint density at radius 3 is 3.25 bits per heavy atom. The molecule has 1 heterocycles. The lowest BCUT2D eigenvalue weighted by Crippen LogP contribution is -1.96. The van der Waals surface area contributed by atoms with Gasteiger partial charge in [0, 0.05) is 12.4 Å². The Kier molecular flexibility index (Phi) is 3.33. The number of nitrogens with zero attached hydrogens (tertiary/aromatic N) is 1. The molecule has 0 saturated carbocycles. The van der Waals surface area contributed by atoms with Crippen LogP contribution in [0.4, 0.5) is 0 Å². The summed E-state index contributed by atoms with van der Waals surface area (Å²) in [6.45, 7) is 6.27. The van der Waals surface area contributed by atoms with Gasteiger partial charge in [0.25, 0.3) is 0 Å². The van der Waals surface area contributed by atoms with Crippen molar-refractivity contribution in [2.24, 2.45) is 4.99 Å². The molecule has 0 radical (unpaired) electrons. The molecule has 0 fully saturated rings. The second-order valence-electron chi connectivity index (χ2n) is 2.61. The average molecular weight is 163 g/mol. The van der Waals surface area contributed by atoms with E-state index < -0.39 is 0 Å². The van der Waals surface area contributed by atoms with E-state index in [0.717, 1.165) is 17.8 Å². The fraction of sp³-hybridized carbons (Fsp3) is 0.300. The Morgan fingerprint density at radius 1 is 1.67 bits per heavy atom. The van der Waals surface area contributed by atoms with Gasteiger partial charge in [0.05, 0.1) is 0 Å². The Morgan fingerprint density at radius 2 is 2.50 bits per heavy atom. The highest BCUT2D eigenvalue weighted by Gasteiger charge is 1.97. The number of hydrogen-bond donors (Lipinski definition) is 0. The maximum atomic E-state index is 5.40. The molecule has 1 rings (SSSR count). The van der Waals surface area contributed by atoms with Gasteiger partial charge in [-0.05, 0) is 25.0 Å². The molecule has 0 spiro atoms. The number of rotatable bonds is 1. The lowest BCUT2D eigenvalue weighted by Gasteiger charge is -2.06. The topological polar surface area (TPSA) is 21.6 Å². The molecule has 2 nitrogen and oxygen atoms in total. The molecule has 0 atom stereocenters. The summed E-state index contributed by atoms with van der Waals surface area (Å²) in [5.74, 6) is 0.869. The van der Waals surface area contributed by atoms with Crippen molar-refractivity contribution in [3.8, 4) is 0 Å². The van der Waals surface area contributed by atoms with Crippen LogP contribution in [0, 0.1) is 0 Å². The minimum atomic E-state index is 0.517. The standard InChI is InChI=1S/C10H13NO/c1-9(2)10-5-3-4-6-11-7-8-12-10/h4-7H,1,3,8H2,2H3/b6-4-,10-5-,11-7?. The first-order chi connectivity index (χ1) is 5.80. The van der Waals surface area contributed by atoms with E-state index in [9.17, 15) is 0 Å². The van der Waals surface area contributed by atoms with Crippen molar-refractivity contribution in [1.29, 1.82) is 0 Å². The molecule has 0 N–H and O–H groups in total. The van der Waals surface area contributed by atoms with Crippen LogP contribution in [0.25, 0.3) is 0 Å². The summed E-state index contributed by atoms with van der Waals surface area (Å²) in [4.78, 5) is 3.99. The maximum Gasteiger partial charge on any atom is 0.123 e. The smallest absolute Gasteiger partial charge is 0.123 e. The van der Waals surface area contributed by atoms with Crippen LogP contribution in [0.5, 0.6) is 0 Å². The molecule has 0 saturated heterocycles. The second-order valence-corrected chi connectivity index (χ2v) is 2.61. The van der Waals surface area contributed by atoms with Crippen LogP contribution in [0.2, 0.25) is 0 Å². The zero-order valence-electron chi connectivity index (χ0n) is 7.29. The van der Waals surface area contributed by atoms with Gasteiger partial charge in [0.15, 0.2) is 0 Å². The zero-order valence-corrected chi connectivity index (χ0v) is 7.29. The summed E-state index contributed by atoms with van der Waals surface area (Å²) < 4.78 is 5.40. The van der Waals surface area contributed by atoms with Crippen LogP contribution in [0.15, 0.2) is 41.3 Å². The van der Waals surface area contributed by atoms with Crippen LogP contribution in [-0.2, 0) is 4.74 Å². The van der Waals surface area contributed by atoms with Crippen molar-refractivity contribution in [2.45, 2.75) is 13.3 Å². The second kappa shape index (κ2) is 4.54. The van der Waals surface area contributed by atoms with Crippen LogP contribution in [0.3, 0.4) is 0 Å². The Bertz CT molecular complexity index is 249. The SMILES string of the molecule is C=C(C)/C1=C/C/C=C\N=CCO1. The van der Waals surface area contributed by atoms with Crippen molar-refractivity contribution in [2.75, 3.05) is 6.61 Å². The first kappa shape index (κ1) is 8.78. The summed E-state index contributed by atoms with van der Waals surface area (Å²) in [6.07, 6.45) is 8.35. The van der Waals surface area contributed by atoms with Gasteiger partial charge in [-0.15, -0.1) is 0 Å². The molecule has 0 aromatic heterocycles. The number of allylic oxidation sites excluding steroid dienone is 3. The van der Waals surface area contributed by atoms with E-state index in [0.29, 0.717) is 6.61 Å². The molecule has 64 valence electrons. The first-order valence-corrected chi connectivity index (χ1v) is 3.96. The monoisotopic (exact) mass is 163 g/mol. The molecule has 0 unspecified atom stereocenters. The van der Waals surface area contributed by atoms with Crippen molar-refractivity contribution in [3.63, 3.8) is 0 Å². The van der Waals surface area contributed by atoms with Gasteiger partial charge in [-0.2, -0.15) is 0 Å². The molecule has 0 amide bonds. The number of ether oxygens (including phenoxy) is 1. The highest BCUT2D eigenvalue weighted by molar-refractivity contribution is 5.59. The summed E-state index contributed by atoms with van der Waals surface area (Å²) in [6, 6.07) is 0. The molecule has 12 heavy (non-hydrogen) atoms. The molecule has 2 heteroatoms. The minimum Gasteiger partial charge on any atom is -0.488 e. The predicted molar refractivity (Wildman–Crippen MR) is 51.1 cm³/mol. The van der Waals surface area contributed by atoms with Crippen molar-refractivity contribution in [1.82, 2.24) is 0 Å². The molecule has 0 aromatic rings. The van der Waals surface area contributed by atoms with Crippen LogP contribution in [0.1, 0.15) is 13.3 Å². The zero-order chi connectivity index (χ0) is 8.81. The lowest BCUT2D eigenvalue weighted by molar-refractivity contribution is 0.270.